The van der Waals surface area contributed by atoms with Gasteiger partial charge in [0.1, 0.15) is 0 Å². The summed E-state index contributed by atoms with van der Waals surface area (Å²) in [7, 11) is 2.22. The SMILES string of the molecule is CC(C)[C@H]1CN(C)CCN1Cc1cncs1. The monoisotopic (exact) mass is 239 g/mol. The van der Waals surface area contributed by atoms with Crippen LogP contribution in [-0.2, 0) is 6.54 Å². The standard InChI is InChI=1S/C12H21N3S/c1-10(2)12-8-14(3)4-5-15(12)7-11-6-13-9-16-11/h6,9-10,12H,4-5,7-8H2,1-3H3/t12-/m1/s1. The van der Waals surface area contributed by atoms with Gasteiger partial charge in [0, 0.05) is 43.3 Å². The van der Waals surface area contributed by atoms with Gasteiger partial charge in [0.2, 0.25) is 0 Å². The lowest BCUT2D eigenvalue weighted by molar-refractivity contribution is 0.0578. The minimum absolute atomic E-state index is 0.681. The molecule has 1 fully saturated rings. The Morgan fingerprint density at radius 2 is 2.31 bits per heavy atom. The van der Waals surface area contributed by atoms with Crippen LogP contribution in [0.5, 0.6) is 0 Å². The van der Waals surface area contributed by atoms with Gasteiger partial charge < -0.3 is 4.90 Å². The Bertz CT molecular complexity index is 310. The highest BCUT2D eigenvalue weighted by Gasteiger charge is 2.27. The van der Waals surface area contributed by atoms with E-state index < -0.39 is 0 Å². The van der Waals surface area contributed by atoms with E-state index in [1.54, 1.807) is 11.3 Å². The number of aromatic nitrogens is 1. The van der Waals surface area contributed by atoms with Crippen molar-refractivity contribution < 1.29 is 0 Å². The molecule has 0 unspecified atom stereocenters. The lowest BCUT2D eigenvalue weighted by Crippen LogP contribution is -2.53. The van der Waals surface area contributed by atoms with Gasteiger partial charge in [-0.3, -0.25) is 9.88 Å². The second kappa shape index (κ2) is 5.25. The first kappa shape index (κ1) is 12.0. The number of likely N-dealkylation sites (N-methyl/N-ethyl adjacent to an activating group) is 1. The molecule has 1 aliphatic heterocycles. The molecule has 0 aliphatic carbocycles. The number of thiazole rings is 1. The van der Waals surface area contributed by atoms with E-state index in [1.165, 1.54) is 24.5 Å². The van der Waals surface area contributed by atoms with Crippen molar-refractivity contribution in [2.45, 2.75) is 26.4 Å². The minimum Gasteiger partial charge on any atom is -0.304 e. The van der Waals surface area contributed by atoms with Gasteiger partial charge >= 0.3 is 0 Å². The Balaban J connectivity index is 2.01. The first-order chi connectivity index (χ1) is 7.66. The van der Waals surface area contributed by atoms with E-state index >= 15 is 0 Å². The van der Waals surface area contributed by atoms with Crippen LogP contribution in [0.2, 0.25) is 0 Å². The van der Waals surface area contributed by atoms with Crippen LogP contribution in [0, 0.1) is 5.92 Å². The molecule has 4 heteroatoms. The zero-order chi connectivity index (χ0) is 11.5. The van der Waals surface area contributed by atoms with Gasteiger partial charge in [-0.15, -0.1) is 11.3 Å². The lowest BCUT2D eigenvalue weighted by atomic mass is 10.00. The van der Waals surface area contributed by atoms with E-state index in [0.717, 1.165) is 12.5 Å². The number of rotatable bonds is 3. The van der Waals surface area contributed by atoms with E-state index in [0.29, 0.717) is 6.04 Å². The highest BCUT2D eigenvalue weighted by atomic mass is 32.1. The van der Waals surface area contributed by atoms with Gasteiger partial charge in [-0.2, -0.15) is 0 Å². The van der Waals surface area contributed by atoms with Crippen molar-refractivity contribution in [1.29, 1.82) is 0 Å². The molecule has 0 bridgehead atoms. The molecule has 1 aromatic rings. The maximum Gasteiger partial charge on any atom is 0.0794 e. The van der Waals surface area contributed by atoms with Gasteiger partial charge in [0.25, 0.3) is 0 Å². The highest BCUT2D eigenvalue weighted by Crippen LogP contribution is 2.20. The van der Waals surface area contributed by atoms with Crippen molar-refractivity contribution in [2.75, 3.05) is 26.7 Å². The predicted molar refractivity (Wildman–Crippen MR) is 68.6 cm³/mol. The molecular formula is C12H21N3S. The molecule has 2 heterocycles. The third kappa shape index (κ3) is 2.81. The van der Waals surface area contributed by atoms with Crippen molar-refractivity contribution >= 4 is 11.3 Å². The summed E-state index contributed by atoms with van der Waals surface area (Å²) < 4.78 is 0. The molecule has 0 radical (unpaired) electrons. The second-order valence-electron chi connectivity index (χ2n) is 5.01. The van der Waals surface area contributed by atoms with E-state index in [1.807, 2.05) is 11.7 Å². The molecule has 1 saturated heterocycles. The molecule has 0 N–H and O–H groups in total. The third-order valence-electron chi connectivity index (χ3n) is 3.35. The fourth-order valence-electron chi connectivity index (χ4n) is 2.34. The van der Waals surface area contributed by atoms with Gasteiger partial charge in [-0.05, 0) is 13.0 Å². The highest BCUT2D eigenvalue weighted by molar-refractivity contribution is 7.09. The molecule has 0 spiro atoms. The Hall–Kier alpha value is -0.450. The molecule has 1 atom stereocenters. The zero-order valence-corrected chi connectivity index (χ0v) is 11.2. The van der Waals surface area contributed by atoms with Crippen LogP contribution in [0.25, 0.3) is 0 Å². The lowest BCUT2D eigenvalue weighted by Gasteiger charge is -2.42. The van der Waals surface area contributed by atoms with Crippen molar-refractivity contribution in [3.63, 3.8) is 0 Å². The molecule has 0 amide bonds. The summed E-state index contributed by atoms with van der Waals surface area (Å²) >= 11 is 1.76. The van der Waals surface area contributed by atoms with E-state index in [9.17, 15) is 0 Å². The van der Waals surface area contributed by atoms with Gasteiger partial charge in [0.15, 0.2) is 0 Å². The minimum atomic E-state index is 0.681. The number of hydrogen-bond donors (Lipinski definition) is 0. The van der Waals surface area contributed by atoms with Crippen LogP contribution < -0.4 is 0 Å². The predicted octanol–water partition coefficient (Wildman–Crippen LogP) is 1.92. The quantitative estimate of drug-likeness (QED) is 0.803. The number of hydrogen-bond acceptors (Lipinski definition) is 4. The van der Waals surface area contributed by atoms with E-state index in [-0.39, 0.29) is 0 Å². The first-order valence-corrected chi connectivity index (χ1v) is 6.84. The topological polar surface area (TPSA) is 19.4 Å². The zero-order valence-electron chi connectivity index (χ0n) is 10.4. The largest absolute Gasteiger partial charge is 0.304 e. The maximum atomic E-state index is 4.15. The molecule has 0 aromatic carbocycles. The number of piperazine rings is 1. The van der Waals surface area contributed by atoms with Crippen LogP contribution in [0.3, 0.4) is 0 Å². The normalized spacial score (nSPS) is 24.1. The molecule has 1 aliphatic rings. The van der Waals surface area contributed by atoms with E-state index in [2.05, 4.69) is 35.7 Å². The fourth-order valence-corrected chi connectivity index (χ4v) is 2.96. The van der Waals surface area contributed by atoms with Crippen LogP contribution >= 0.6 is 11.3 Å². The smallest absolute Gasteiger partial charge is 0.0794 e. The molecule has 1 aromatic heterocycles. The summed E-state index contributed by atoms with van der Waals surface area (Å²) in [4.78, 5) is 10.6. The second-order valence-corrected chi connectivity index (χ2v) is 5.98. The van der Waals surface area contributed by atoms with Gasteiger partial charge in [0.05, 0.1) is 5.51 Å². The van der Waals surface area contributed by atoms with Crippen LogP contribution in [0.15, 0.2) is 11.7 Å². The average Bonchev–Trinajstić information content (AvgIpc) is 2.73. The summed E-state index contributed by atoms with van der Waals surface area (Å²) in [5, 5.41) is 0. The van der Waals surface area contributed by atoms with Crippen LogP contribution in [-0.4, -0.2) is 47.5 Å². The van der Waals surface area contributed by atoms with E-state index in [4.69, 9.17) is 0 Å². The summed E-state index contributed by atoms with van der Waals surface area (Å²) in [5.74, 6) is 0.718. The molecular weight excluding hydrogens is 218 g/mol. The molecule has 90 valence electrons. The first-order valence-electron chi connectivity index (χ1n) is 5.97. The van der Waals surface area contributed by atoms with Gasteiger partial charge in [-0.25, -0.2) is 0 Å². The summed E-state index contributed by atoms with van der Waals surface area (Å²) in [6, 6.07) is 0.681. The fraction of sp³-hybridized carbons (Fsp3) is 0.750. The van der Waals surface area contributed by atoms with Crippen LogP contribution in [0.1, 0.15) is 18.7 Å². The maximum absolute atomic E-state index is 4.15. The third-order valence-corrected chi connectivity index (χ3v) is 4.11. The molecule has 2 rings (SSSR count). The number of nitrogens with zero attached hydrogens (tertiary/aromatic N) is 3. The van der Waals surface area contributed by atoms with Gasteiger partial charge in [-0.1, -0.05) is 13.8 Å². The summed E-state index contributed by atoms with van der Waals surface area (Å²) in [6.07, 6.45) is 2.00. The Kier molecular flexibility index (Phi) is 3.95. The summed E-state index contributed by atoms with van der Waals surface area (Å²) in [5.41, 5.74) is 1.93. The molecule has 16 heavy (non-hydrogen) atoms. The average molecular weight is 239 g/mol. The Morgan fingerprint density at radius 3 is 2.94 bits per heavy atom. The van der Waals surface area contributed by atoms with Crippen molar-refractivity contribution in [1.82, 2.24) is 14.8 Å². The Morgan fingerprint density at radius 1 is 1.50 bits per heavy atom. The van der Waals surface area contributed by atoms with Crippen molar-refractivity contribution in [3.8, 4) is 0 Å². The van der Waals surface area contributed by atoms with Crippen LogP contribution in [0.4, 0.5) is 0 Å². The van der Waals surface area contributed by atoms with Crippen molar-refractivity contribution in [2.24, 2.45) is 5.92 Å². The molecule has 3 nitrogen and oxygen atoms in total. The Labute approximate surface area is 102 Å². The van der Waals surface area contributed by atoms with Crippen molar-refractivity contribution in [3.05, 3.63) is 16.6 Å². The summed E-state index contributed by atoms with van der Waals surface area (Å²) in [6.45, 7) is 9.27. The molecule has 0 saturated carbocycles.